The molecule has 0 bridgehead atoms. The van der Waals surface area contributed by atoms with E-state index in [1.165, 1.54) is 23.6 Å². The van der Waals surface area contributed by atoms with Crippen molar-refractivity contribution < 1.29 is 14.7 Å². The molecule has 6 heteroatoms. The van der Waals surface area contributed by atoms with E-state index in [9.17, 15) is 9.59 Å². The Hall–Kier alpha value is -2.21. The number of rotatable bonds is 5. The molecule has 2 aromatic rings. The molecule has 2 aromatic heterocycles. The highest BCUT2D eigenvalue weighted by atomic mass is 32.1. The number of carbonyl (C=O) groups excluding carboxylic acids is 1. The van der Waals surface area contributed by atoms with Gasteiger partial charge in [0.1, 0.15) is 5.69 Å². The highest BCUT2D eigenvalue weighted by molar-refractivity contribution is 7.10. The molecule has 0 saturated carbocycles. The first-order valence-corrected chi connectivity index (χ1v) is 6.50. The van der Waals surface area contributed by atoms with Gasteiger partial charge in [0.25, 0.3) is 0 Å². The van der Waals surface area contributed by atoms with Gasteiger partial charge in [-0.05, 0) is 23.1 Å². The van der Waals surface area contributed by atoms with Crippen LogP contribution in [0.25, 0.3) is 0 Å². The lowest BCUT2D eigenvalue weighted by atomic mass is 10.2. The maximum Gasteiger partial charge on any atom is 0.354 e. The Balaban J connectivity index is 1.84. The molecule has 2 rings (SSSR count). The zero-order valence-electron chi connectivity index (χ0n) is 10.00. The molecule has 0 atom stereocenters. The van der Waals surface area contributed by atoms with Crippen LogP contribution in [0.15, 0.2) is 35.8 Å². The second kappa shape index (κ2) is 6.10. The minimum atomic E-state index is -1.06. The molecule has 5 nitrogen and oxygen atoms in total. The van der Waals surface area contributed by atoms with Crippen molar-refractivity contribution in [3.8, 4) is 0 Å². The number of carboxylic acids is 1. The summed E-state index contributed by atoms with van der Waals surface area (Å²) in [5, 5.41) is 13.4. The summed E-state index contributed by atoms with van der Waals surface area (Å²) in [5.41, 5.74) is 0.762. The first-order chi connectivity index (χ1) is 9.15. The highest BCUT2D eigenvalue weighted by Crippen LogP contribution is 2.09. The molecule has 2 heterocycles. The van der Waals surface area contributed by atoms with Crippen molar-refractivity contribution in [3.63, 3.8) is 0 Å². The monoisotopic (exact) mass is 276 g/mol. The van der Waals surface area contributed by atoms with Crippen molar-refractivity contribution in [2.24, 2.45) is 0 Å². The fourth-order valence-electron chi connectivity index (χ4n) is 1.49. The van der Waals surface area contributed by atoms with E-state index in [0.29, 0.717) is 13.0 Å². The summed E-state index contributed by atoms with van der Waals surface area (Å²) in [6.07, 6.45) is 1.81. The summed E-state index contributed by atoms with van der Waals surface area (Å²) in [6.45, 7) is 0.344. The van der Waals surface area contributed by atoms with Crippen LogP contribution >= 0.6 is 11.3 Å². The lowest BCUT2D eigenvalue weighted by Gasteiger charge is -2.04. The summed E-state index contributed by atoms with van der Waals surface area (Å²) in [6, 6.07) is 6.88. The minimum Gasteiger partial charge on any atom is -0.477 e. The Bertz CT molecular complexity index is 564. The van der Waals surface area contributed by atoms with Crippen LogP contribution in [0.3, 0.4) is 0 Å². The van der Waals surface area contributed by atoms with Gasteiger partial charge in [-0.2, -0.15) is 0 Å². The van der Waals surface area contributed by atoms with E-state index >= 15 is 0 Å². The summed E-state index contributed by atoms with van der Waals surface area (Å²) >= 11 is 1.54. The van der Waals surface area contributed by atoms with Crippen LogP contribution < -0.4 is 5.32 Å². The Labute approximate surface area is 113 Å². The van der Waals surface area contributed by atoms with Gasteiger partial charge in [-0.25, -0.2) is 9.78 Å². The van der Waals surface area contributed by atoms with Gasteiger partial charge in [0.15, 0.2) is 0 Å². The highest BCUT2D eigenvalue weighted by Gasteiger charge is 2.06. The van der Waals surface area contributed by atoms with Crippen LogP contribution in [0.4, 0.5) is 0 Å². The number of aromatic carboxylic acids is 1. The van der Waals surface area contributed by atoms with Gasteiger partial charge in [0, 0.05) is 17.6 Å². The van der Waals surface area contributed by atoms with E-state index in [0.717, 1.165) is 10.4 Å². The molecule has 0 aliphatic carbocycles. The van der Waals surface area contributed by atoms with Crippen molar-refractivity contribution in [2.45, 2.75) is 13.0 Å². The molecular weight excluding hydrogens is 264 g/mol. The van der Waals surface area contributed by atoms with Crippen LogP contribution in [0.5, 0.6) is 0 Å². The van der Waals surface area contributed by atoms with Crippen LogP contribution in [0.1, 0.15) is 20.9 Å². The predicted molar refractivity (Wildman–Crippen MR) is 71.1 cm³/mol. The number of carboxylic acid groups (broad SMARTS) is 1. The van der Waals surface area contributed by atoms with Gasteiger partial charge < -0.3 is 10.4 Å². The number of hydrogen-bond donors (Lipinski definition) is 2. The van der Waals surface area contributed by atoms with Crippen LogP contribution in [-0.2, 0) is 17.8 Å². The molecule has 2 N–H and O–H groups in total. The third kappa shape index (κ3) is 3.89. The van der Waals surface area contributed by atoms with Crippen molar-refractivity contribution in [2.75, 3.05) is 0 Å². The average molecular weight is 276 g/mol. The number of aromatic nitrogens is 1. The fourth-order valence-corrected chi connectivity index (χ4v) is 2.19. The first kappa shape index (κ1) is 13.2. The van der Waals surface area contributed by atoms with Crippen LogP contribution in [0, 0.1) is 0 Å². The zero-order chi connectivity index (χ0) is 13.7. The number of pyridine rings is 1. The molecule has 0 spiro atoms. The van der Waals surface area contributed by atoms with E-state index < -0.39 is 5.97 Å². The lowest BCUT2D eigenvalue weighted by Crippen LogP contribution is -2.24. The van der Waals surface area contributed by atoms with E-state index in [-0.39, 0.29) is 11.6 Å². The van der Waals surface area contributed by atoms with E-state index in [4.69, 9.17) is 5.11 Å². The number of nitrogens with zero attached hydrogens (tertiary/aromatic N) is 1. The minimum absolute atomic E-state index is 0.00587. The fraction of sp³-hybridized carbons (Fsp3) is 0.154. The van der Waals surface area contributed by atoms with Gasteiger partial charge >= 0.3 is 5.97 Å². The van der Waals surface area contributed by atoms with Gasteiger partial charge in [-0.15, -0.1) is 11.3 Å². The van der Waals surface area contributed by atoms with Gasteiger partial charge in [0.05, 0.1) is 6.42 Å². The summed E-state index contributed by atoms with van der Waals surface area (Å²) in [4.78, 5) is 27.1. The number of amides is 1. The normalized spacial score (nSPS) is 10.1. The van der Waals surface area contributed by atoms with Crippen molar-refractivity contribution in [1.82, 2.24) is 10.3 Å². The van der Waals surface area contributed by atoms with E-state index in [1.807, 2.05) is 17.5 Å². The number of carbonyl (C=O) groups is 2. The second-order valence-electron chi connectivity index (χ2n) is 3.89. The van der Waals surface area contributed by atoms with Crippen LogP contribution in [0.2, 0.25) is 0 Å². The molecule has 0 aromatic carbocycles. The molecule has 1 amide bonds. The quantitative estimate of drug-likeness (QED) is 0.871. The standard InChI is InChI=1S/C13H12N2O3S/c16-12(6-10-2-1-5-19-10)15-8-9-3-4-11(13(17)18)14-7-9/h1-5,7H,6,8H2,(H,15,16)(H,17,18). The number of nitrogens with one attached hydrogen (secondary N) is 1. The smallest absolute Gasteiger partial charge is 0.354 e. The Morgan fingerprint density at radius 1 is 1.32 bits per heavy atom. The Kier molecular flexibility index (Phi) is 4.25. The first-order valence-electron chi connectivity index (χ1n) is 5.62. The molecule has 98 valence electrons. The van der Waals surface area contributed by atoms with Gasteiger partial charge in [0.2, 0.25) is 5.91 Å². The largest absolute Gasteiger partial charge is 0.477 e. The van der Waals surface area contributed by atoms with Crippen molar-refractivity contribution in [1.29, 1.82) is 0 Å². The number of hydrogen-bond acceptors (Lipinski definition) is 4. The average Bonchev–Trinajstić information content (AvgIpc) is 2.89. The van der Waals surface area contributed by atoms with Crippen LogP contribution in [-0.4, -0.2) is 22.0 Å². The molecule has 19 heavy (non-hydrogen) atoms. The molecular formula is C13H12N2O3S. The molecule has 0 unspecified atom stereocenters. The van der Waals surface area contributed by atoms with Crippen molar-refractivity contribution in [3.05, 3.63) is 52.0 Å². The summed E-state index contributed by atoms with van der Waals surface area (Å²) in [7, 11) is 0. The van der Waals surface area contributed by atoms with E-state index in [2.05, 4.69) is 10.3 Å². The number of thiophene rings is 1. The Morgan fingerprint density at radius 3 is 2.74 bits per heavy atom. The Morgan fingerprint density at radius 2 is 2.16 bits per heavy atom. The lowest BCUT2D eigenvalue weighted by molar-refractivity contribution is -0.120. The maximum atomic E-state index is 11.6. The molecule has 0 radical (unpaired) electrons. The molecule has 0 aliphatic heterocycles. The summed E-state index contributed by atoms with van der Waals surface area (Å²) < 4.78 is 0. The zero-order valence-corrected chi connectivity index (χ0v) is 10.8. The summed E-state index contributed by atoms with van der Waals surface area (Å²) in [5.74, 6) is -1.13. The topological polar surface area (TPSA) is 79.3 Å². The molecule has 0 saturated heterocycles. The van der Waals surface area contributed by atoms with E-state index in [1.54, 1.807) is 6.07 Å². The third-order valence-corrected chi connectivity index (χ3v) is 3.32. The van der Waals surface area contributed by atoms with Crippen molar-refractivity contribution >= 4 is 23.2 Å². The maximum absolute atomic E-state index is 11.6. The third-order valence-electron chi connectivity index (χ3n) is 2.45. The molecule has 0 fully saturated rings. The van der Waals surface area contributed by atoms with Gasteiger partial charge in [-0.1, -0.05) is 12.1 Å². The molecule has 0 aliphatic rings. The SMILES string of the molecule is O=C(Cc1cccs1)NCc1ccc(C(=O)O)nc1. The van der Waals surface area contributed by atoms with Gasteiger partial charge in [-0.3, -0.25) is 4.79 Å². The second-order valence-corrected chi connectivity index (χ2v) is 4.92. The predicted octanol–water partition coefficient (Wildman–Crippen LogP) is 1.70.